The fraction of sp³-hybridized carbons (Fsp3) is 0.188. The Morgan fingerprint density at radius 3 is 2.48 bits per heavy atom. The first kappa shape index (κ1) is 14.7. The molecule has 0 unspecified atom stereocenters. The molecule has 5 nitrogen and oxygen atoms in total. The van der Waals surface area contributed by atoms with Crippen LogP contribution in [0.25, 0.3) is 11.1 Å². The van der Waals surface area contributed by atoms with Gasteiger partial charge in [0.1, 0.15) is 5.56 Å². The molecule has 21 heavy (non-hydrogen) atoms. The molecule has 108 valence electrons. The zero-order chi connectivity index (χ0) is 15.4. The predicted octanol–water partition coefficient (Wildman–Crippen LogP) is 2.93. The summed E-state index contributed by atoms with van der Waals surface area (Å²) in [5, 5.41) is 9.27. The molecule has 2 rings (SSSR count). The second kappa shape index (κ2) is 6.17. The molecule has 0 aliphatic heterocycles. The number of hydrogen-bond acceptors (Lipinski definition) is 4. The summed E-state index contributed by atoms with van der Waals surface area (Å²) >= 11 is 0. The van der Waals surface area contributed by atoms with E-state index in [-0.39, 0.29) is 17.9 Å². The van der Waals surface area contributed by atoms with E-state index in [1.165, 1.54) is 6.20 Å². The second-order valence-electron chi connectivity index (χ2n) is 4.43. The molecule has 1 aromatic carbocycles. The van der Waals surface area contributed by atoms with Gasteiger partial charge in [-0.1, -0.05) is 30.3 Å². The van der Waals surface area contributed by atoms with E-state index in [0.29, 0.717) is 11.1 Å². The van der Waals surface area contributed by atoms with Gasteiger partial charge in [0.15, 0.2) is 5.69 Å². The highest BCUT2D eigenvalue weighted by atomic mass is 16.5. The summed E-state index contributed by atoms with van der Waals surface area (Å²) in [7, 11) is 0. The highest BCUT2D eigenvalue weighted by Crippen LogP contribution is 2.29. The smallest absolute Gasteiger partial charge is 0.355 e. The highest BCUT2D eigenvalue weighted by Gasteiger charge is 2.25. The van der Waals surface area contributed by atoms with Crippen LogP contribution in [0.1, 0.15) is 33.3 Å². The average Bonchev–Trinajstić information content (AvgIpc) is 2.47. The van der Waals surface area contributed by atoms with Crippen molar-refractivity contribution in [2.45, 2.75) is 13.8 Å². The summed E-state index contributed by atoms with van der Waals surface area (Å²) < 4.78 is 4.99. The van der Waals surface area contributed by atoms with E-state index in [1.54, 1.807) is 13.8 Å². The van der Waals surface area contributed by atoms with Crippen molar-refractivity contribution in [1.29, 1.82) is 0 Å². The molecule has 0 amide bonds. The maximum absolute atomic E-state index is 12.2. The van der Waals surface area contributed by atoms with Crippen molar-refractivity contribution in [3.63, 3.8) is 0 Å². The average molecular weight is 285 g/mol. The molecular weight excluding hydrogens is 270 g/mol. The Morgan fingerprint density at radius 1 is 1.24 bits per heavy atom. The quantitative estimate of drug-likeness (QED) is 0.874. The summed E-state index contributed by atoms with van der Waals surface area (Å²) in [5.74, 6) is -1.93. The number of carboxylic acid groups (broad SMARTS) is 1. The molecule has 1 N–H and O–H groups in total. The number of nitrogens with zero attached hydrogens (tertiary/aromatic N) is 1. The Hall–Kier alpha value is -2.69. The number of aromatic nitrogens is 1. The third-order valence-corrected chi connectivity index (χ3v) is 3.01. The van der Waals surface area contributed by atoms with Crippen molar-refractivity contribution < 1.29 is 19.4 Å². The van der Waals surface area contributed by atoms with Gasteiger partial charge in [-0.2, -0.15) is 0 Å². The Balaban J connectivity index is 2.76. The molecule has 0 atom stereocenters. The lowest BCUT2D eigenvalue weighted by Gasteiger charge is -2.14. The number of aryl methyl sites for hydroxylation is 1. The second-order valence-corrected chi connectivity index (χ2v) is 4.43. The van der Waals surface area contributed by atoms with Crippen LogP contribution < -0.4 is 0 Å². The number of hydrogen-bond donors (Lipinski definition) is 1. The van der Waals surface area contributed by atoms with Crippen molar-refractivity contribution in [3.8, 4) is 11.1 Å². The minimum Gasteiger partial charge on any atom is -0.476 e. The van der Waals surface area contributed by atoms with E-state index < -0.39 is 11.9 Å². The van der Waals surface area contributed by atoms with Crippen LogP contribution in [0.4, 0.5) is 0 Å². The first-order valence-corrected chi connectivity index (χ1v) is 6.51. The molecule has 0 saturated heterocycles. The number of carboxylic acids is 1. The summed E-state index contributed by atoms with van der Waals surface area (Å²) in [5.41, 5.74) is 1.71. The summed E-state index contributed by atoms with van der Waals surface area (Å²) in [6.07, 6.45) is 1.45. The Kier molecular flexibility index (Phi) is 4.33. The number of carbonyl (C=O) groups excluding carboxylic acids is 1. The number of rotatable bonds is 4. The van der Waals surface area contributed by atoms with Crippen LogP contribution in [0.15, 0.2) is 36.5 Å². The topological polar surface area (TPSA) is 76.5 Å². The Bertz CT molecular complexity index is 680. The van der Waals surface area contributed by atoms with Gasteiger partial charge in [0, 0.05) is 11.8 Å². The lowest BCUT2D eigenvalue weighted by Crippen LogP contribution is -2.16. The minimum absolute atomic E-state index is 0.00412. The monoisotopic (exact) mass is 285 g/mol. The van der Waals surface area contributed by atoms with Crippen LogP contribution >= 0.6 is 0 Å². The summed E-state index contributed by atoms with van der Waals surface area (Å²) in [6, 6.07) is 9.13. The molecule has 1 heterocycles. The fourth-order valence-electron chi connectivity index (χ4n) is 2.15. The van der Waals surface area contributed by atoms with Gasteiger partial charge in [-0.3, -0.25) is 0 Å². The first-order valence-electron chi connectivity index (χ1n) is 6.51. The van der Waals surface area contributed by atoms with Crippen molar-refractivity contribution in [1.82, 2.24) is 4.98 Å². The minimum atomic E-state index is -1.25. The van der Waals surface area contributed by atoms with Gasteiger partial charge in [0.2, 0.25) is 0 Å². The molecule has 0 fully saturated rings. The van der Waals surface area contributed by atoms with Crippen LogP contribution in [0.2, 0.25) is 0 Å². The van der Waals surface area contributed by atoms with Gasteiger partial charge in [-0.05, 0) is 25.0 Å². The van der Waals surface area contributed by atoms with Crippen LogP contribution in [0.5, 0.6) is 0 Å². The normalized spacial score (nSPS) is 10.2. The number of pyridine rings is 1. The van der Waals surface area contributed by atoms with Gasteiger partial charge in [-0.25, -0.2) is 14.6 Å². The maximum atomic E-state index is 12.2. The van der Waals surface area contributed by atoms with E-state index in [9.17, 15) is 14.7 Å². The molecule has 0 aliphatic carbocycles. The number of esters is 1. The van der Waals surface area contributed by atoms with Gasteiger partial charge in [0.05, 0.1) is 6.61 Å². The third kappa shape index (κ3) is 2.91. The van der Waals surface area contributed by atoms with E-state index in [2.05, 4.69) is 4.98 Å². The van der Waals surface area contributed by atoms with Crippen molar-refractivity contribution in [2.24, 2.45) is 0 Å². The third-order valence-electron chi connectivity index (χ3n) is 3.01. The molecule has 0 saturated carbocycles. The molecule has 0 spiro atoms. The Labute approximate surface area is 122 Å². The predicted molar refractivity (Wildman–Crippen MR) is 77.3 cm³/mol. The molecule has 1 aromatic heterocycles. The lowest BCUT2D eigenvalue weighted by molar-refractivity contribution is 0.0513. The molecule has 0 aliphatic rings. The maximum Gasteiger partial charge on any atom is 0.355 e. The van der Waals surface area contributed by atoms with Gasteiger partial charge < -0.3 is 9.84 Å². The zero-order valence-corrected chi connectivity index (χ0v) is 11.8. The molecular formula is C16H15NO4. The number of carbonyl (C=O) groups is 2. The van der Waals surface area contributed by atoms with Gasteiger partial charge >= 0.3 is 11.9 Å². The highest BCUT2D eigenvalue weighted by molar-refractivity contribution is 6.06. The van der Waals surface area contributed by atoms with Crippen molar-refractivity contribution in [2.75, 3.05) is 6.61 Å². The zero-order valence-electron chi connectivity index (χ0n) is 11.8. The van der Waals surface area contributed by atoms with Gasteiger partial charge in [0.25, 0.3) is 0 Å². The lowest BCUT2D eigenvalue weighted by atomic mass is 9.95. The molecule has 0 radical (unpaired) electrons. The van der Waals surface area contributed by atoms with Crippen molar-refractivity contribution in [3.05, 3.63) is 53.3 Å². The summed E-state index contributed by atoms with van der Waals surface area (Å²) in [6.45, 7) is 3.62. The van der Waals surface area contributed by atoms with Crippen LogP contribution in [0, 0.1) is 6.92 Å². The molecule has 0 bridgehead atoms. The van der Waals surface area contributed by atoms with Gasteiger partial charge in [-0.15, -0.1) is 0 Å². The number of aromatic carboxylic acids is 1. The molecule has 5 heteroatoms. The van der Waals surface area contributed by atoms with E-state index in [0.717, 1.165) is 5.56 Å². The first-order chi connectivity index (χ1) is 10.1. The number of ether oxygens (including phenoxy) is 1. The van der Waals surface area contributed by atoms with Crippen LogP contribution in [-0.2, 0) is 4.74 Å². The van der Waals surface area contributed by atoms with Crippen molar-refractivity contribution >= 4 is 11.9 Å². The Morgan fingerprint density at radius 2 is 1.90 bits per heavy atom. The van der Waals surface area contributed by atoms with Crippen LogP contribution in [0.3, 0.4) is 0 Å². The SMILES string of the molecule is CCOC(=O)c1c(C(=O)O)ncc(C)c1-c1ccccc1. The van der Waals surface area contributed by atoms with E-state index in [1.807, 2.05) is 30.3 Å². The summed E-state index contributed by atoms with van der Waals surface area (Å²) in [4.78, 5) is 27.4. The largest absolute Gasteiger partial charge is 0.476 e. The standard InChI is InChI=1S/C16H15NO4/c1-3-21-16(20)13-12(11-7-5-4-6-8-11)10(2)9-17-14(13)15(18)19/h4-9H,3H2,1-2H3,(H,18,19). The molecule has 2 aromatic rings. The fourth-order valence-corrected chi connectivity index (χ4v) is 2.15. The van der Waals surface area contributed by atoms with E-state index in [4.69, 9.17) is 4.74 Å². The van der Waals surface area contributed by atoms with E-state index >= 15 is 0 Å². The van der Waals surface area contributed by atoms with Crippen LogP contribution in [-0.4, -0.2) is 28.6 Å². The number of benzene rings is 1.